The molecule has 1 heteroatoms. The van der Waals surface area contributed by atoms with Gasteiger partial charge in [-0.25, -0.2) is 0 Å². The largest absolute Gasteiger partial charge is 0.327 e. The molecule has 15 heavy (non-hydrogen) atoms. The summed E-state index contributed by atoms with van der Waals surface area (Å²) >= 11 is 0. The molecule has 0 radical (unpaired) electrons. The van der Waals surface area contributed by atoms with Gasteiger partial charge in [-0.05, 0) is 44.6 Å². The lowest BCUT2D eigenvalue weighted by Gasteiger charge is -2.15. The van der Waals surface area contributed by atoms with Crippen LogP contribution in [0.15, 0.2) is 18.2 Å². The third-order valence-corrected chi connectivity index (χ3v) is 3.50. The summed E-state index contributed by atoms with van der Waals surface area (Å²) in [7, 11) is 0. The number of hydrogen-bond donors (Lipinski definition) is 1. The molecule has 0 amide bonds. The molecule has 1 saturated carbocycles. The smallest absolute Gasteiger partial charge is 0.00703 e. The second-order valence-corrected chi connectivity index (χ2v) is 5.05. The molecule has 0 aliphatic heterocycles. The summed E-state index contributed by atoms with van der Waals surface area (Å²) in [6, 6.07) is 7.28. The molecule has 2 atom stereocenters. The maximum Gasteiger partial charge on any atom is 0.00703 e. The van der Waals surface area contributed by atoms with Crippen molar-refractivity contribution in [2.75, 3.05) is 0 Å². The van der Waals surface area contributed by atoms with Crippen LogP contribution in [-0.4, -0.2) is 6.04 Å². The van der Waals surface area contributed by atoms with Gasteiger partial charge in [-0.15, -0.1) is 0 Å². The molecule has 0 spiro atoms. The Balaban J connectivity index is 2.10. The van der Waals surface area contributed by atoms with E-state index in [0.29, 0.717) is 12.0 Å². The summed E-state index contributed by atoms with van der Waals surface area (Å²) < 4.78 is 0. The molecule has 1 aliphatic rings. The molecule has 2 unspecified atom stereocenters. The van der Waals surface area contributed by atoms with Gasteiger partial charge in [-0.2, -0.15) is 0 Å². The number of nitrogens with two attached hydrogens (primary N) is 1. The molecule has 1 fully saturated rings. The van der Waals surface area contributed by atoms with Gasteiger partial charge in [-0.3, -0.25) is 0 Å². The van der Waals surface area contributed by atoms with Crippen LogP contribution in [0, 0.1) is 19.8 Å². The minimum Gasteiger partial charge on any atom is -0.327 e. The van der Waals surface area contributed by atoms with Gasteiger partial charge in [0.25, 0.3) is 0 Å². The van der Waals surface area contributed by atoms with Crippen molar-refractivity contribution >= 4 is 0 Å². The first-order chi connectivity index (χ1) is 7.15. The lowest BCUT2D eigenvalue weighted by atomic mass is 9.93. The highest BCUT2D eigenvalue weighted by Gasteiger charge is 2.23. The molecule has 0 aromatic heterocycles. The van der Waals surface area contributed by atoms with Crippen molar-refractivity contribution in [1.82, 2.24) is 0 Å². The Hall–Kier alpha value is -0.820. The molecular formula is C14H21N. The van der Waals surface area contributed by atoms with Crippen LogP contribution < -0.4 is 5.73 Å². The van der Waals surface area contributed by atoms with Crippen LogP contribution >= 0.6 is 0 Å². The van der Waals surface area contributed by atoms with Gasteiger partial charge in [0, 0.05) is 6.04 Å². The summed E-state index contributed by atoms with van der Waals surface area (Å²) in [4.78, 5) is 0. The van der Waals surface area contributed by atoms with Crippen LogP contribution in [0.4, 0.5) is 0 Å². The zero-order chi connectivity index (χ0) is 10.8. The molecule has 0 heterocycles. The summed E-state index contributed by atoms with van der Waals surface area (Å²) in [6.45, 7) is 4.34. The van der Waals surface area contributed by atoms with E-state index in [-0.39, 0.29) is 0 Å². The second kappa shape index (κ2) is 4.36. The topological polar surface area (TPSA) is 26.0 Å². The molecule has 82 valence electrons. The predicted octanol–water partition coefficient (Wildman–Crippen LogP) is 2.97. The first kappa shape index (κ1) is 10.7. The molecule has 2 N–H and O–H groups in total. The zero-order valence-electron chi connectivity index (χ0n) is 9.79. The average molecular weight is 203 g/mol. The van der Waals surface area contributed by atoms with Crippen molar-refractivity contribution in [2.45, 2.75) is 45.6 Å². The Morgan fingerprint density at radius 3 is 2.33 bits per heavy atom. The molecule has 1 aromatic rings. The summed E-state index contributed by atoms with van der Waals surface area (Å²) in [6.07, 6.45) is 5.02. The Labute approximate surface area is 92.7 Å². The quantitative estimate of drug-likeness (QED) is 0.785. The van der Waals surface area contributed by atoms with E-state index in [1.807, 2.05) is 0 Å². The highest BCUT2D eigenvalue weighted by molar-refractivity contribution is 5.29. The summed E-state index contributed by atoms with van der Waals surface area (Å²) in [5, 5.41) is 0. The number of aryl methyl sites for hydroxylation is 2. The van der Waals surface area contributed by atoms with Crippen molar-refractivity contribution in [2.24, 2.45) is 11.7 Å². The Morgan fingerprint density at radius 1 is 1.13 bits per heavy atom. The first-order valence-corrected chi connectivity index (χ1v) is 5.98. The lowest BCUT2D eigenvalue weighted by molar-refractivity contribution is 0.478. The van der Waals surface area contributed by atoms with Crippen molar-refractivity contribution in [3.8, 4) is 0 Å². The monoisotopic (exact) mass is 203 g/mol. The third-order valence-electron chi connectivity index (χ3n) is 3.50. The molecule has 0 saturated heterocycles. The molecule has 1 aromatic carbocycles. The van der Waals surface area contributed by atoms with Crippen molar-refractivity contribution < 1.29 is 0 Å². The van der Waals surface area contributed by atoms with E-state index in [1.54, 1.807) is 0 Å². The van der Waals surface area contributed by atoms with E-state index in [2.05, 4.69) is 32.0 Å². The molecule has 1 nitrogen and oxygen atoms in total. The van der Waals surface area contributed by atoms with Crippen molar-refractivity contribution in [3.63, 3.8) is 0 Å². The van der Waals surface area contributed by atoms with E-state index in [0.717, 1.165) is 0 Å². The fraction of sp³-hybridized carbons (Fsp3) is 0.571. The average Bonchev–Trinajstić information content (AvgIpc) is 2.50. The standard InChI is InChI=1S/C14H21N/c1-10-6-11(2)8-12(7-10)9-13-4-3-5-14(13)15/h6-8,13-14H,3-5,9,15H2,1-2H3. The minimum atomic E-state index is 0.436. The maximum atomic E-state index is 6.10. The molecule has 0 bridgehead atoms. The van der Waals surface area contributed by atoms with Crippen molar-refractivity contribution in [3.05, 3.63) is 34.9 Å². The highest BCUT2D eigenvalue weighted by Crippen LogP contribution is 2.27. The fourth-order valence-corrected chi connectivity index (χ4v) is 2.81. The maximum absolute atomic E-state index is 6.10. The Morgan fingerprint density at radius 2 is 1.80 bits per heavy atom. The van der Waals surface area contributed by atoms with Crippen molar-refractivity contribution in [1.29, 1.82) is 0 Å². The fourth-order valence-electron chi connectivity index (χ4n) is 2.81. The Kier molecular flexibility index (Phi) is 3.11. The van der Waals surface area contributed by atoms with E-state index in [9.17, 15) is 0 Å². The molecular weight excluding hydrogens is 182 g/mol. The van der Waals surface area contributed by atoms with Crippen LogP contribution in [0.5, 0.6) is 0 Å². The summed E-state index contributed by atoms with van der Waals surface area (Å²) in [5.41, 5.74) is 10.3. The second-order valence-electron chi connectivity index (χ2n) is 5.05. The number of hydrogen-bond acceptors (Lipinski definition) is 1. The molecule has 2 rings (SSSR count). The van der Waals surface area contributed by atoms with E-state index >= 15 is 0 Å². The highest BCUT2D eigenvalue weighted by atomic mass is 14.7. The van der Waals surface area contributed by atoms with Gasteiger partial charge >= 0.3 is 0 Å². The van der Waals surface area contributed by atoms with E-state index in [1.165, 1.54) is 42.4 Å². The number of rotatable bonds is 2. The van der Waals surface area contributed by atoms with Gasteiger partial charge in [0.05, 0.1) is 0 Å². The Bertz CT molecular complexity index is 323. The van der Waals surface area contributed by atoms with E-state index in [4.69, 9.17) is 5.73 Å². The van der Waals surface area contributed by atoms with Gasteiger partial charge in [0.1, 0.15) is 0 Å². The van der Waals surface area contributed by atoms with Crippen LogP contribution in [-0.2, 0) is 6.42 Å². The minimum absolute atomic E-state index is 0.436. The van der Waals surface area contributed by atoms with Crippen LogP contribution in [0.2, 0.25) is 0 Å². The van der Waals surface area contributed by atoms with Crippen LogP contribution in [0.1, 0.15) is 36.0 Å². The van der Waals surface area contributed by atoms with Gasteiger partial charge in [0.15, 0.2) is 0 Å². The van der Waals surface area contributed by atoms with Crippen LogP contribution in [0.25, 0.3) is 0 Å². The zero-order valence-corrected chi connectivity index (χ0v) is 9.79. The van der Waals surface area contributed by atoms with Gasteiger partial charge < -0.3 is 5.73 Å². The van der Waals surface area contributed by atoms with Gasteiger partial charge in [-0.1, -0.05) is 35.7 Å². The van der Waals surface area contributed by atoms with E-state index < -0.39 is 0 Å². The van der Waals surface area contributed by atoms with Crippen LogP contribution in [0.3, 0.4) is 0 Å². The van der Waals surface area contributed by atoms with Gasteiger partial charge in [0.2, 0.25) is 0 Å². The lowest BCUT2D eigenvalue weighted by Crippen LogP contribution is -2.25. The predicted molar refractivity (Wildman–Crippen MR) is 64.9 cm³/mol. The normalized spacial score (nSPS) is 25.8. The first-order valence-electron chi connectivity index (χ1n) is 5.98. The summed E-state index contributed by atoms with van der Waals surface area (Å²) in [5.74, 6) is 0.714. The number of benzene rings is 1. The SMILES string of the molecule is Cc1cc(C)cc(CC2CCCC2N)c1. The third kappa shape index (κ3) is 2.60. The molecule has 1 aliphatic carbocycles.